The summed E-state index contributed by atoms with van der Waals surface area (Å²) in [5, 5.41) is 0. The predicted octanol–water partition coefficient (Wildman–Crippen LogP) is 3.76. The Morgan fingerprint density at radius 1 is 1.41 bits per heavy atom. The Morgan fingerprint density at radius 2 is 2.24 bits per heavy atom. The number of hydrogen-bond acceptors (Lipinski definition) is 2. The molecule has 3 heteroatoms. The van der Waals surface area contributed by atoms with Crippen LogP contribution in [0.2, 0.25) is 0 Å². The molecule has 1 aromatic carbocycles. The molecule has 0 spiro atoms. The van der Waals surface area contributed by atoms with E-state index in [-0.39, 0.29) is 5.92 Å². The fourth-order valence-electron chi connectivity index (χ4n) is 2.36. The number of benzene rings is 1. The van der Waals surface area contributed by atoms with Gasteiger partial charge in [-0.2, -0.15) is 0 Å². The molecule has 0 N–H and O–H groups in total. The molecule has 1 aliphatic rings. The van der Waals surface area contributed by atoms with Gasteiger partial charge in [-0.05, 0) is 37.0 Å². The van der Waals surface area contributed by atoms with Gasteiger partial charge in [0.05, 0.1) is 7.11 Å². The highest BCUT2D eigenvalue weighted by Crippen LogP contribution is 2.29. The van der Waals surface area contributed by atoms with Gasteiger partial charge < -0.3 is 4.74 Å². The van der Waals surface area contributed by atoms with Crippen LogP contribution >= 0.6 is 15.9 Å². The molecule has 92 valence electrons. The number of carbonyl (C=O) groups is 1. The van der Waals surface area contributed by atoms with E-state index in [2.05, 4.69) is 15.9 Å². The van der Waals surface area contributed by atoms with E-state index >= 15 is 0 Å². The number of ether oxygens (including phenoxy) is 1. The lowest BCUT2D eigenvalue weighted by Gasteiger charge is -2.21. The lowest BCUT2D eigenvalue weighted by molar-refractivity contribution is -0.124. The third kappa shape index (κ3) is 3.09. The molecule has 0 radical (unpaired) electrons. The minimum Gasteiger partial charge on any atom is -0.497 e. The van der Waals surface area contributed by atoms with E-state index in [1.807, 2.05) is 18.2 Å². The van der Waals surface area contributed by atoms with Crippen molar-refractivity contribution < 1.29 is 9.53 Å². The van der Waals surface area contributed by atoms with Crippen LogP contribution in [0, 0.1) is 5.92 Å². The van der Waals surface area contributed by atoms with Crippen LogP contribution < -0.4 is 4.74 Å². The molecule has 0 bridgehead atoms. The van der Waals surface area contributed by atoms with E-state index in [9.17, 15) is 4.79 Å². The summed E-state index contributed by atoms with van der Waals surface area (Å²) in [5.74, 6) is 1.49. The lowest BCUT2D eigenvalue weighted by atomic mass is 9.84. The van der Waals surface area contributed by atoms with E-state index in [0.717, 1.165) is 35.9 Å². The van der Waals surface area contributed by atoms with Crippen LogP contribution in [-0.4, -0.2) is 12.9 Å². The summed E-state index contributed by atoms with van der Waals surface area (Å²) < 4.78 is 6.20. The highest BCUT2D eigenvalue weighted by molar-refractivity contribution is 9.10. The Bertz CT molecular complexity index is 415. The van der Waals surface area contributed by atoms with Crippen LogP contribution in [0.5, 0.6) is 5.75 Å². The van der Waals surface area contributed by atoms with Gasteiger partial charge in [0.2, 0.25) is 0 Å². The van der Waals surface area contributed by atoms with Gasteiger partial charge in [0.1, 0.15) is 11.5 Å². The van der Waals surface area contributed by atoms with Crippen molar-refractivity contribution in [3.05, 3.63) is 28.2 Å². The molecule has 0 saturated heterocycles. The van der Waals surface area contributed by atoms with Gasteiger partial charge in [-0.15, -0.1) is 0 Å². The van der Waals surface area contributed by atoms with Crippen molar-refractivity contribution >= 4 is 21.7 Å². The number of halogens is 1. The summed E-state index contributed by atoms with van der Waals surface area (Å²) in [5.41, 5.74) is 1.20. The van der Waals surface area contributed by atoms with Crippen LogP contribution in [0.3, 0.4) is 0 Å². The summed E-state index contributed by atoms with van der Waals surface area (Å²) in [7, 11) is 1.66. The first-order valence-electron chi connectivity index (χ1n) is 6.06. The second-order valence-corrected chi connectivity index (χ2v) is 5.42. The molecule has 1 saturated carbocycles. The van der Waals surface area contributed by atoms with Crippen LogP contribution in [0.1, 0.15) is 31.2 Å². The maximum absolute atomic E-state index is 11.8. The van der Waals surface area contributed by atoms with Gasteiger partial charge >= 0.3 is 0 Å². The molecule has 0 heterocycles. The highest BCUT2D eigenvalue weighted by atomic mass is 79.9. The number of carbonyl (C=O) groups excluding carboxylic acids is 1. The van der Waals surface area contributed by atoms with Gasteiger partial charge in [0, 0.05) is 16.8 Å². The average Bonchev–Trinajstić information content (AvgIpc) is 2.34. The zero-order chi connectivity index (χ0) is 12.3. The number of hydrogen-bond donors (Lipinski definition) is 0. The first-order chi connectivity index (χ1) is 8.20. The largest absolute Gasteiger partial charge is 0.497 e. The van der Waals surface area contributed by atoms with Crippen LogP contribution in [-0.2, 0) is 11.2 Å². The summed E-state index contributed by atoms with van der Waals surface area (Å²) in [6, 6.07) is 5.96. The SMILES string of the molecule is COc1ccc(CC2CCCCC2=O)c(Br)c1. The van der Waals surface area contributed by atoms with Crippen LogP contribution in [0.4, 0.5) is 0 Å². The molecule has 0 aliphatic heterocycles. The zero-order valence-electron chi connectivity index (χ0n) is 10.0. The molecule has 0 aromatic heterocycles. The van der Waals surface area contributed by atoms with Crippen molar-refractivity contribution in [2.45, 2.75) is 32.1 Å². The quantitative estimate of drug-likeness (QED) is 0.849. The molecular weight excluding hydrogens is 280 g/mol. The van der Waals surface area contributed by atoms with Gasteiger partial charge in [-0.3, -0.25) is 4.79 Å². The van der Waals surface area contributed by atoms with E-state index in [0.29, 0.717) is 5.78 Å². The molecule has 17 heavy (non-hydrogen) atoms. The Labute approximate surface area is 110 Å². The van der Waals surface area contributed by atoms with E-state index in [1.165, 1.54) is 12.0 Å². The topological polar surface area (TPSA) is 26.3 Å². The lowest BCUT2D eigenvalue weighted by Crippen LogP contribution is -2.21. The number of methoxy groups -OCH3 is 1. The van der Waals surface area contributed by atoms with Crippen molar-refractivity contribution in [3.63, 3.8) is 0 Å². The van der Waals surface area contributed by atoms with Crippen molar-refractivity contribution in [1.29, 1.82) is 0 Å². The minimum absolute atomic E-state index is 0.216. The molecule has 2 rings (SSSR count). The second-order valence-electron chi connectivity index (χ2n) is 4.57. The summed E-state index contributed by atoms with van der Waals surface area (Å²) in [4.78, 5) is 11.8. The Kier molecular flexibility index (Phi) is 4.21. The minimum atomic E-state index is 0.216. The molecule has 0 amide bonds. The first kappa shape index (κ1) is 12.6. The predicted molar refractivity (Wildman–Crippen MR) is 71.4 cm³/mol. The van der Waals surface area contributed by atoms with E-state index in [1.54, 1.807) is 7.11 Å². The van der Waals surface area contributed by atoms with E-state index < -0.39 is 0 Å². The zero-order valence-corrected chi connectivity index (χ0v) is 11.6. The van der Waals surface area contributed by atoms with Crippen LogP contribution in [0.15, 0.2) is 22.7 Å². The number of Topliss-reactive ketones (excluding diaryl/α,β-unsaturated/α-hetero) is 1. The van der Waals surface area contributed by atoms with Gasteiger partial charge in [0.15, 0.2) is 0 Å². The molecule has 2 nitrogen and oxygen atoms in total. The van der Waals surface area contributed by atoms with Crippen molar-refractivity contribution in [1.82, 2.24) is 0 Å². The highest BCUT2D eigenvalue weighted by Gasteiger charge is 2.22. The molecular formula is C14H17BrO2. The normalized spacial score (nSPS) is 20.4. The fourth-order valence-corrected chi connectivity index (χ4v) is 2.88. The fraction of sp³-hybridized carbons (Fsp3) is 0.500. The van der Waals surface area contributed by atoms with Crippen molar-refractivity contribution in [3.8, 4) is 5.75 Å². The smallest absolute Gasteiger partial charge is 0.136 e. The number of ketones is 1. The molecule has 1 atom stereocenters. The third-order valence-electron chi connectivity index (χ3n) is 3.41. The maximum Gasteiger partial charge on any atom is 0.136 e. The average molecular weight is 297 g/mol. The van der Waals surface area contributed by atoms with Gasteiger partial charge in [0.25, 0.3) is 0 Å². The monoisotopic (exact) mass is 296 g/mol. The molecule has 1 aromatic rings. The molecule has 1 aliphatic carbocycles. The Hall–Kier alpha value is -0.830. The standard InChI is InChI=1S/C14H17BrO2/c1-17-12-7-6-10(13(15)9-12)8-11-4-2-3-5-14(11)16/h6-7,9,11H,2-5,8H2,1H3. The summed E-state index contributed by atoms with van der Waals surface area (Å²) >= 11 is 3.54. The third-order valence-corrected chi connectivity index (χ3v) is 4.15. The van der Waals surface area contributed by atoms with Gasteiger partial charge in [-0.1, -0.05) is 28.4 Å². The second kappa shape index (κ2) is 5.67. The first-order valence-corrected chi connectivity index (χ1v) is 6.85. The Morgan fingerprint density at radius 3 is 2.88 bits per heavy atom. The van der Waals surface area contributed by atoms with Crippen LogP contribution in [0.25, 0.3) is 0 Å². The molecule has 1 fully saturated rings. The van der Waals surface area contributed by atoms with Crippen molar-refractivity contribution in [2.75, 3.05) is 7.11 Å². The summed E-state index contributed by atoms with van der Waals surface area (Å²) in [6.45, 7) is 0. The van der Waals surface area contributed by atoms with E-state index in [4.69, 9.17) is 4.74 Å². The Balaban J connectivity index is 2.10. The molecule has 1 unspecified atom stereocenters. The van der Waals surface area contributed by atoms with Gasteiger partial charge in [-0.25, -0.2) is 0 Å². The summed E-state index contributed by atoms with van der Waals surface area (Å²) in [6.07, 6.45) is 4.91. The van der Waals surface area contributed by atoms with Crippen molar-refractivity contribution in [2.24, 2.45) is 5.92 Å². The maximum atomic E-state index is 11.8. The number of rotatable bonds is 3.